The molecule has 0 bridgehead atoms. The van der Waals surface area contributed by atoms with Gasteiger partial charge in [0.05, 0.1) is 11.6 Å². The second-order valence-electron chi connectivity index (χ2n) is 9.65. The lowest BCUT2D eigenvalue weighted by molar-refractivity contribution is -0.156. The van der Waals surface area contributed by atoms with Gasteiger partial charge in [-0.15, -0.1) is 0 Å². The lowest BCUT2D eigenvalue weighted by atomic mass is 9.95. The molecular formula is C29H30FNO4. The van der Waals surface area contributed by atoms with Crippen LogP contribution in [0.1, 0.15) is 62.6 Å². The Hall–Kier alpha value is -3.67. The number of carbonyl (C=O) groups is 2. The van der Waals surface area contributed by atoms with Crippen LogP contribution in [0.2, 0.25) is 0 Å². The first-order valence-electron chi connectivity index (χ1n) is 11.8. The maximum Gasteiger partial charge on any atom is 0.411 e. The van der Waals surface area contributed by atoms with Gasteiger partial charge in [-0.2, -0.15) is 0 Å². The van der Waals surface area contributed by atoms with Gasteiger partial charge in [-0.25, -0.2) is 9.18 Å². The summed E-state index contributed by atoms with van der Waals surface area (Å²) < 4.78 is 26.3. The Morgan fingerprint density at radius 2 is 1.54 bits per heavy atom. The first kappa shape index (κ1) is 24.5. The van der Waals surface area contributed by atoms with E-state index in [1.807, 2.05) is 36.4 Å². The van der Waals surface area contributed by atoms with E-state index in [0.29, 0.717) is 6.42 Å². The summed E-state index contributed by atoms with van der Waals surface area (Å²) in [7, 11) is 0. The number of fused-ring (bicyclic) bond motifs is 3. The lowest BCUT2D eigenvalue weighted by Gasteiger charge is -2.24. The van der Waals surface area contributed by atoms with Gasteiger partial charge >= 0.3 is 12.1 Å². The molecule has 0 heterocycles. The fraction of sp³-hybridized carbons (Fsp3) is 0.310. The van der Waals surface area contributed by atoms with Crippen LogP contribution in [0, 0.1) is 5.82 Å². The topological polar surface area (TPSA) is 64.6 Å². The number of halogens is 1. The van der Waals surface area contributed by atoms with Gasteiger partial charge in [-0.1, -0.05) is 67.6 Å². The summed E-state index contributed by atoms with van der Waals surface area (Å²) in [5.74, 6) is -2.05. The van der Waals surface area contributed by atoms with Crippen molar-refractivity contribution in [3.8, 4) is 11.1 Å². The molecule has 0 spiro atoms. The van der Waals surface area contributed by atoms with E-state index in [0.717, 1.165) is 22.3 Å². The normalized spacial score (nSPS) is 13.5. The van der Waals surface area contributed by atoms with E-state index in [4.69, 9.17) is 9.47 Å². The van der Waals surface area contributed by atoms with Crippen LogP contribution in [0.4, 0.5) is 14.9 Å². The minimum absolute atomic E-state index is 0.0401. The number of ether oxygens (including phenoxy) is 2. The highest BCUT2D eigenvalue weighted by Gasteiger charge is 2.30. The number of nitrogens with one attached hydrogen (secondary N) is 1. The molecule has 1 aliphatic rings. The Morgan fingerprint density at radius 1 is 0.943 bits per heavy atom. The molecule has 0 aromatic heterocycles. The predicted molar refractivity (Wildman–Crippen MR) is 134 cm³/mol. The summed E-state index contributed by atoms with van der Waals surface area (Å²) in [5, 5.41) is 2.50. The summed E-state index contributed by atoms with van der Waals surface area (Å²) in [6.07, 6.45) is -0.395. The molecule has 0 saturated carbocycles. The molecule has 0 saturated heterocycles. The fourth-order valence-corrected chi connectivity index (χ4v) is 4.55. The largest absolute Gasteiger partial charge is 0.459 e. The van der Waals surface area contributed by atoms with Crippen LogP contribution in [0.5, 0.6) is 0 Å². The van der Waals surface area contributed by atoms with E-state index in [1.165, 1.54) is 12.1 Å². The van der Waals surface area contributed by atoms with Crippen LogP contribution in [0.15, 0.2) is 66.7 Å². The van der Waals surface area contributed by atoms with E-state index < -0.39 is 29.4 Å². The number of carbonyl (C=O) groups excluding carboxylic acids is 2. The molecule has 0 fully saturated rings. The zero-order valence-electron chi connectivity index (χ0n) is 20.4. The zero-order chi connectivity index (χ0) is 25.2. The summed E-state index contributed by atoms with van der Waals surface area (Å²) in [6.45, 7) is 7.21. The molecule has 1 unspecified atom stereocenters. The smallest absolute Gasteiger partial charge is 0.411 e. The van der Waals surface area contributed by atoms with Gasteiger partial charge in [0.15, 0.2) is 5.82 Å². The molecule has 5 nitrogen and oxygen atoms in total. The quantitative estimate of drug-likeness (QED) is 0.389. The number of esters is 1. The summed E-state index contributed by atoms with van der Waals surface area (Å²) >= 11 is 0. The summed E-state index contributed by atoms with van der Waals surface area (Å²) in [6, 6.07) is 20.7. The van der Waals surface area contributed by atoms with Crippen LogP contribution < -0.4 is 5.32 Å². The molecule has 1 atom stereocenters. The molecule has 0 aliphatic heterocycles. The molecule has 4 rings (SSSR count). The van der Waals surface area contributed by atoms with Crippen molar-refractivity contribution in [1.29, 1.82) is 0 Å². The maximum absolute atomic E-state index is 15.3. The van der Waals surface area contributed by atoms with Crippen molar-refractivity contribution in [2.45, 2.75) is 51.6 Å². The molecule has 3 aromatic rings. The number of amides is 1. The van der Waals surface area contributed by atoms with Crippen LogP contribution in [0.3, 0.4) is 0 Å². The van der Waals surface area contributed by atoms with Gasteiger partial charge in [0.25, 0.3) is 0 Å². The third-order valence-corrected chi connectivity index (χ3v) is 6.08. The molecular weight excluding hydrogens is 445 g/mol. The van der Waals surface area contributed by atoms with Crippen molar-refractivity contribution < 1.29 is 23.5 Å². The highest BCUT2D eigenvalue weighted by atomic mass is 19.1. The van der Waals surface area contributed by atoms with Crippen LogP contribution >= 0.6 is 0 Å². The first-order valence-corrected chi connectivity index (χ1v) is 11.8. The molecule has 3 aromatic carbocycles. The standard InChI is InChI=1S/C29H30FNO4/c1-5-18(27(32)35-29(2,3)4)23-15-10-16-25(26(23)30)31-28(33)34-17-24-21-13-8-6-11-19(21)20-12-7-9-14-22(20)24/h6-16,18,24H,5,17H2,1-4H3,(H,31,33). The van der Waals surface area contributed by atoms with Crippen molar-refractivity contribution in [1.82, 2.24) is 0 Å². The number of rotatable bonds is 6. The molecule has 1 N–H and O–H groups in total. The average molecular weight is 476 g/mol. The number of benzene rings is 3. The molecule has 35 heavy (non-hydrogen) atoms. The van der Waals surface area contributed by atoms with Crippen molar-refractivity contribution in [3.05, 3.63) is 89.2 Å². The third-order valence-electron chi connectivity index (χ3n) is 6.08. The molecule has 182 valence electrons. The van der Waals surface area contributed by atoms with Crippen LogP contribution in [0.25, 0.3) is 11.1 Å². The summed E-state index contributed by atoms with van der Waals surface area (Å²) in [5.41, 5.74) is 3.90. The Balaban J connectivity index is 1.47. The zero-order valence-corrected chi connectivity index (χ0v) is 20.4. The predicted octanol–water partition coefficient (Wildman–Crippen LogP) is 7.02. The number of anilines is 1. The highest BCUT2D eigenvalue weighted by Crippen LogP contribution is 2.44. The van der Waals surface area contributed by atoms with Crippen LogP contribution in [-0.4, -0.2) is 24.3 Å². The van der Waals surface area contributed by atoms with Crippen molar-refractivity contribution in [3.63, 3.8) is 0 Å². The Bertz CT molecular complexity index is 1200. The number of hydrogen-bond donors (Lipinski definition) is 1. The van der Waals surface area contributed by atoms with E-state index >= 15 is 4.39 Å². The summed E-state index contributed by atoms with van der Waals surface area (Å²) in [4.78, 5) is 25.3. The highest BCUT2D eigenvalue weighted by molar-refractivity contribution is 5.86. The Labute approximate surface area is 205 Å². The maximum atomic E-state index is 15.3. The van der Waals surface area contributed by atoms with E-state index in [1.54, 1.807) is 33.8 Å². The van der Waals surface area contributed by atoms with Crippen molar-refractivity contribution >= 4 is 17.7 Å². The number of hydrogen-bond acceptors (Lipinski definition) is 4. The van der Waals surface area contributed by atoms with E-state index in [-0.39, 0.29) is 23.8 Å². The minimum Gasteiger partial charge on any atom is -0.459 e. The second-order valence-corrected chi connectivity index (χ2v) is 9.65. The Morgan fingerprint density at radius 3 is 2.11 bits per heavy atom. The van der Waals surface area contributed by atoms with E-state index in [2.05, 4.69) is 17.4 Å². The van der Waals surface area contributed by atoms with Gasteiger partial charge in [0, 0.05) is 11.5 Å². The van der Waals surface area contributed by atoms with Crippen LogP contribution in [-0.2, 0) is 14.3 Å². The van der Waals surface area contributed by atoms with Gasteiger partial charge in [-0.05, 0) is 55.5 Å². The van der Waals surface area contributed by atoms with Gasteiger partial charge in [0.2, 0.25) is 0 Å². The lowest BCUT2D eigenvalue weighted by Crippen LogP contribution is -2.28. The van der Waals surface area contributed by atoms with Crippen molar-refractivity contribution in [2.75, 3.05) is 11.9 Å². The fourth-order valence-electron chi connectivity index (χ4n) is 4.55. The molecule has 0 radical (unpaired) electrons. The van der Waals surface area contributed by atoms with Crippen molar-refractivity contribution in [2.24, 2.45) is 0 Å². The van der Waals surface area contributed by atoms with E-state index in [9.17, 15) is 9.59 Å². The van der Waals surface area contributed by atoms with Gasteiger partial charge in [0.1, 0.15) is 12.2 Å². The first-order chi connectivity index (χ1) is 16.7. The monoisotopic (exact) mass is 475 g/mol. The average Bonchev–Trinajstić information content (AvgIpc) is 3.13. The molecule has 1 aliphatic carbocycles. The minimum atomic E-state index is -0.779. The molecule has 1 amide bonds. The van der Waals surface area contributed by atoms with Gasteiger partial charge < -0.3 is 9.47 Å². The SMILES string of the molecule is CCC(C(=O)OC(C)(C)C)c1cccc(NC(=O)OCC2c3ccccc3-c3ccccc32)c1F. The molecule has 6 heteroatoms. The second kappa shape index (κ2) is 9.90. The Kier molecular flexibility index (Phi) is 6.92. The van der Waals surface area contributed by atoms with Gasteiger partial charge in [-0.3, -0.25) is 10.1 Å². The third kappa shape index (κ3) is 5.21.